The maximum atomic E-state index is 14.0. The fourth-order valence-electron chi connectivity index (χ4n) is 2.53. The molecule has 0 atom stereocenters. The van der Waals surface area contributed by atoms with Crippen LogP contribution in [0.5, 0.6) is 5.88 Å². The molecular formula is C17H10FN3O4S. The molecule has 1 aliphatic heterocycles. The maximum Gasteiger partial charge on any atom is 0.290 e. The zero-order chi connectivity index (χ0) is 18.3. The number of nitrogens with zero attached hydrogens (tertiary/aromatic N) is 2. The molecule has 0 aromatic carbocycles. The molecule has 0 spiro atoms. The molecule has 1 saturated heterocycles. The Kier molecular flexibility index (Phi) is 3.92. The number of hydrogen-bond donors (Lipinski definition) is 1. The molecule has 7 nitrogen and oxygen atoms in total. The second-order valence-electron chi connectivity index (χ2n) is 5.32. The number of pyridine rings is 2. The van der Waals surface area contributed by atoms with Crippen LogP contribution >= 0.6 is 11.8 Å². The summed E-state index contributed by atoms with van der Waals surface area (Å²) in [6.07, 6.45) is 6.05. The maximum absolute atomic E-state index is 14.0. The molecule has 0 unspecified atom stereocenters. The molecule has 3 aromatic rings. The third-order valence-corrected chi connectivity index (χ3v) is 4.48. The quantitative estimate of drug-likeness (QED) is 0.706. The second kappa shape index (κ2) is 6.26. The van der Waals surface area contributed by atoms with Crippen molar-refractivity contribution in [3.63, 3.8) is 0 Å². The van der Waals surface area contributed by atoms with Gasteiger partial charge in [-0.2, -0.15) is 0 Å². The zero-order valence-electron chi connectivity index (χ0n) is 13.3. The minimum Gasteiger partial charge on any atom is -0.479 e. The average Bonchev–Trinajstić information content (AvgIpc) is 3.16. The Morgan fingerprint density at radius 3 is 2.81 bits per heavy atom. The van der Waals surface area contributed by atoms with Gasteiger partial charge in [0.25, 0.3) is 11.1 Å². The summed E-state index contributed by atoms with van der Waals surface area (Å²) in [5, 5.41) is 2.41. The summed E-state index contributed by atoms with van der Waals surface area (Å²) in [7, 11) is 1.33. The first-order chi connectivity index (χ1) is 12.5. The number of furan rings is 1. The lowest BCUT2D eigenvalue weighted by Crippen LogP contribution is -2.17. The first-order valence-electron chi connectivity index (χ1n) is 7.37. The number of carbonyl (C=O) groups excluding carboxylic acids is 2. The van der Waals surface area contributed by atoms with Gasteiger partial charge in [-0.25, -0.2) is 9.37 Å². The zero-order valence-corrected chi connectivity index (χ0v) is 14.1. The van der Waals surface area contributed by atoms with Crippen LogP contribution in [-0.2, 0) is 4.79 Å². The predicted octanol–water partition coefficient (Wildman–Crippen LogP) is 3.36. The molecule has 2 amide bonds. The third kappa shape index (κ3) is 2.82. The average molecular weight is 371 g/mol. The molecule has 0 radical (unpaired) electrons. The van der Waals surface area contributed by atoms with Crippen molar-refractivity contribution in [1.29, 1.82) is 0 Å². The normalized spacial score (nSPS) is 15.7. The number of methoxy groups -OCH3 is 1. The number of amides is 2. The summed E-state index contributed by atoms with van der Waals surface area (Å²) >= 11 is 0.797. The van der Waals surface area contributed by atoms with Crippen LogP contribution in [0, 0.1) is 5.82 Å². The molecule has 3 aromatic heterocycles. The summed E-state index contributed by atoms with van der Waals surface area (Å²) in [6, 6.07) is 2.96. The third-order valence-electron chi connectivity index (χ3n) is 3.67. The van der Waals surface area contributed by atoms with Gasteiger partial charge in [0.2, 0.25) is 5.88 Å². The van der Waals surface area contributed by atoms with Crippen molar-refractivity contribution in [2.45, 2.75) is 0 Å². The van der Waals surface area contributed by atoms with E-state index in [1.807, 2.05) is 0 Å². The minimum atomic E-state index is -0.603. The van der Waals surface area contributed by atoms with Crippen molar-refractivity contribution >= 4 is 40.0 Å². The van der Waals surface area contributed by atoms with E-state index >= 15 is 0 Å². The number of imide groups is 1. The summed E-state index contributed by atoms with van der Waals surface area (Å²) in [5.74, 6) is -0.801. The van der Waals surface area contributed by atoms with E-state index in [4.69, 9.17) is 9.15 Å². The van der Waals surface area contributed by atoms with E-state index in [-0.39, 0.29) is 10.8 Å². The van der Waals surface area contributed by atoms with Crippen molar-refractivity contribution in [2.24, 2.45) is 0 Å². The smallest absolute Gasteiger partial charge is 0.290 e. The molecule has 0 bridgehead atoms. The van der Waals surface area contributed by atoms with E-state index in [1.165, 1.54) is 31.6 Å². The Hall–Kier alpha value is -3.20. The predicted molar refractivity (Wildman–Crippen MR) is 92.9 cm³/mol. The Morgan fingerprint density at radius 1 is 1.27 bits per heavy atom. The second-order valence-corrected chi connectivity index (χ2v) is 6.34. The number of thioether (sulfide) groups is 1. The van der Waals surface area contributed by atoms with Crippen molar-refractivity contribution < 1.29 is 23.1 Å². The SMILES string of the molecule is COc1ncc(-c2cncc3cc(C=C4SC(=O)NC4=O)oc23)cc1F. The summed E-state index contributed by atoms with van der Waals surface area (Å²) < 4.78 is 24.6. The lowest BCUT2D eigenvalue weighted by molar-refractivity contribution is -0.115. The van der Waals surface area contributed by atoms with Gasteiger partial charge in [0.1, 0.15) is 11.3 Å². The van der Waals surface area contributed by atoms with Crippen LogP contribution in [0.3, 0.4) is 0 Å². The summed E-state index contributed by atoms with van der Waals surface area (Å²) in [5.41, 5.74) is 1.48. The van der Waals surface area contributed by atoms with Gasteiger partial charge in [0, 0.05) is 41.2 Å². The van der Waals surface area contributed by atoms with E-state index < -0.39 is 17.0 Å². The highest BCUT2D eigenvalue weighted by Gasteiger charge is 2.25. The molecule has 4 rings (SSSR count). The van der Waals surface area contributed by atoms with E-state index in [9.17, 15) is 14.0 Å². The number of fused-ring (bicyclic) bond motifs is 1. The molecule has 1 aliphatic rings. The van der Waals surface area contributed by atoms with Gasteiger partial charge in [-0.3, -0.25) is 19.9 Å². The number of rotatable bonds is 3. The van der Waals surface area contributed by atoms with Crippen LogP contribution in [0.1, 0.15) is 5.76 Å². The number of ether oxygens (including phenoxy) is 1. The Balaban J connectivity index is 1.79. The van der Waals surface area contributed by atoms with Crippen molar-refractivity contribution in [1.82, 2.24) is 15.3 Å². The van der Waals surface area contributed by atoms with Crippen LogP contribution in [0.2, 0.25) is 0 Å². The highest BCUT2D eigenvalue weighted by atomic mass is 32.2. The lowest BCUT2D eigenvalue weighted by Gasteiger charge is -2.04. The summed E-state index contributed by atoms with van der Waals surface area (Å²) in [6.45, 7) is 0. The topological polar surface area (TPSA) is 94.3 Å². The minimum absolute atomic E-state index is 0.104. The molecule has 26 heavy (non-hydrogen) atoms. The monoisotopic (exact) mass is 371 g/mol. The molecule has 1 fully saturated rings. The van der Waals surface area contributed by atoms with Crippen LogP contribution in [0.25, 0.3) is 28.2 Å². The number of aromatic nitrogens is 2. The van der Waals surface area contributed by atoms with Crippen LogP contribution in [0.15, 0.2) is 40.0 Å². The van der Waals surface area contributed by atoms with E-state index in [2.05, 4.69) is 15.3 Å². The molecule has 0 saturated carbocycles. The van der Waals surface area contributed by atoms with E-state index in [0.717, 1.165) is 11.8 Å². The lowest BCUT2D eigenvalue weighted by atomic mass is 10.1. The van der Waals surface area contributed by atoms with Gasteiger partial charge in [-0.15, -0.1) is 0 Å². The summed E-state index contributed by atoms with van der Waals surface area (Å²) in [4.78, 5) is 31.2. The molecule has 130 valence electrons. The van der Waals surface area contributed by atoms with Crippen molar-refractivity contribution in [3.8, 4) is 17.0 Å². The molecule has 1 N–H and O–H groups in total. The van der Waals surface area contributed by atoms with Gasteiger partial charge in [0.05, 0.1) is 12.0 Å². The molecular weight excluding hydrogens is 361 g/mol. The Morgan fingerprint density at radius 2 is 2.12 bits per heavy atom. The molecule has 0 aliphatic carbocycles. The van der Waals surface area contributed by atoms with Gasteiger partial charge in [0.15, 0.2) is 5.82 Å². The number of carbonyl (C=O) groups is 2. The number of halogens is 1. The van der Waals surface area contributed by atoms with Crippen molar-refractivity contribution in [3.05, 3.63) is 47.2 Å². The standard InChI is InChI=1S/C17H10FN3O4S/c1-24-16-12(18)3-8(6-20-16)11-7-19-5-9-2-10(25-14(9)11)4-13-15(22)21-17(23)26-13/h2-7H,1H3,(H,21,22,23). The van der Waals surface area contributed by atoms with Crippen molar-refractivity contribution in [2.75, 3.05) is 7.11 Å². The Bertz CT molecular complexity index is 1090. The number of hydrogen-bond acceptors (Lipinski definition) is 7. The fraction of sp³-hybridized carbons (Fsp3) is 0.0588. The van der Waals surface area contributed by atoms with E-state index in [0.29, 0.717) is 27.9 Å². The van der Waals surface area contributed by atoms with E-state index in [1.54, 1.807) is 12.3 Å². The fourth-order valence-corrected chi connectivity index (χ4v) is 3.19. The first kappa shape index (κ1) is 16.3. The molecule has 4 heterocycles. The van der Waals surface area contributed by atoms with Gasteiger partial charge >= 0.3 is 0 Å². The van der Waals surface area contributed by atoms with Crippen LogP contribution in [-0.4, -0.2) is 28.2 Å². The van der Waals surface area contributed by atoms with Gasteiger partial charge in [-0.1, -0.05) is 0 Å². The van der Waals surface area contributed by atoms with Crippen LogP contribution < -0.4 is 10.1 Å². The number of nitrogens with one attached hydrogen (secondary N) is 1. The van der Waals surface area contributed by atoms with Gasteiger partial charge < -0.3 is 9.15 Å². The largest absolute Gasteiger partial charge is 0.479 e. The Labute approximate surface area is 150 Å². The molecule has 9 heteroatoms. The highest BCUT2D eigenvalue weighted by molar-refractivity contribution is 8.18. The van der Waals surface area contributed by atoms with Crippen LogP contribution in [0.4, 0.5) is 9.18 Å². The van der Waals surface area contributed by atoms with Gasteiger partial charge in [-0.05, 0) is 23.9 Å². The first-order valence-corrected chi connectivity index (χ1v) is 8.19. The highest BCUT2D eigenvalue weighted by Crippen LogP contribution is 2.33.